The molecule has 0 saturated heterocycles. The molecule has 3 N–H and O–H groups in total. The molecule has 1 heterocycles. The maximum absolute atomic E-state index is 13.2. The molecule has 2 aromatic carbocycles. The van der Waals surface area contributed by atoms with E-state index in [0.717, 1.165) is 0 Å². The van der Waals surface area contributed by atoms with Crippen LogP contribution in [-0.2, 0) is 12.4 Å². The van der Waals surface area contributed by atoms with Crippen LogP contribution in [0.2, 0.25) is 0 Å². The molecule has 9 heteroatoms. The van der Waals surface area contributed by atoms with Gasteiger partial charge in [0.2, 0.25) is 0 Å². The van der Waals surface area contributed by atoms with Crippen LogP contribution >= 0.6 is 0 Å². The van der Waals surface area contributed by atoms with Gasteiger partial charge in [0.25, 0.3) is 0 Å². The van der Waals surface area contributed by atoms with Crippen LogP contribution in [0.5, 0.6) is 0 Å². The Morgan fingerprint density at radius 2 is 1.56 bits per heavy atom. The highest BCUT2D eigenvalue weighted by Crippen LogP contribution is 2.39. The number of nitrogens with two attached hydrogens (primary N) is 1. The molecule has 0 spiro atoms. The molecule has 0 unspecified atom stereocenters. The minimum Gasteiger partial charge on any atom is -0.340 e. The maximum Gasteiger partial charge on any atom is 0.418 e. The van der Waals surface area contributed by atoms with Gasteiger partial charge in [-0.25, -0.2) is 4.98 Å². The number of hydrogen-bond donors (Lipinski definition) is 2. The predicted octanol–water partition coefficient (Wildman–Crippen LogP) is 4.65. The highest BCUT2D eigenvalue weighted by Gasteiger charge is 2.39. The highest BCUT2D eigenvalue weighted by atomic mass is 19.4. The second-order valence-corrected chi connectivity index (χ2v) is 5.43. The van der Waals surface area contributed by atoms with Gasteiger partial charge in [0.1, 0.15) is 11.3 Å². The summed E-state index contributed by atoms with van der Waals surface area (Å²) < 4.78 is 78.2. The van der Waals surface area contributed by atoms with Crippen molar-refractivity contribution in [3.8, 4) is 0 Å². The molecule has 0 bridgehead atoms. The number of rotatable bonds is 2. The molecule has 1 aromatic heterocycles. The Labute approximate surface area is 137 Å². The maximum atomic E-state index is 13.2. The second kappa shape index (κ2) is 5.76. The van der Waals surface area contributed by atoms with Gasteiger partial charge in [-0.05, 0) is 17.7 Å². The van der Waals surface area contributed by atoms with Crippen molar-refractivity contribution < 1.29 is 26.3 Å². The number of imidazole rings is 1. The number of H-pyrrole nitrogens is 1. The van der Waals surface area contributed by atoms with Gasteiger partial charge in [-0.3, -0.25) is 0 Å². The number of hydrogen-bond acceptors (Lipinski definition) is 2. The van der Waals surface area contributed by atoms with Crippen molar-refractivity contribution in [3.05, 3.63) is 65.0 Å². The lowest BCUT2D eigenvalue weighted by molar-refractivity contribution is -0.142. The molecule has 25 heavy (non-hydrogen) atoms. The van der Waals surface area contributed by atoms with Gasteiger partial charge in [0, 0.05) is 0 Å². The summed E-state index contributed by atoms with van der Waals surface area (Å²) in [5.41, 5.74) is 2.70. The number of aromatic amines is 1. The van der Waals surface area contributed by atoms with E-state index in [1.54, 1.807) is 30.3 Å². The van der Waals surface area contributed by atoms with Crippen molar-refractivity contribution in [2.24, 2.45) is 5.73 Å². The first-order valence-corrected chi connectivity index (χ1v) is 7.06. The van der Waals surface area contributed by atoms with E-state index in [1.165, 1.54) is 0 Å². The molecule has 0 aliphatic heterocycles. The van der Waals surface area contributed by atoms with Crippen molar-refractivity contribution in [1.82, 2.24) is 9.97 Å². The molecule has 3 rings (SSSR count). The zero-order chi connectivity index (χ0) is 18.4. The van der Waals surface area contributed by atoms with Gasteiger partial charge < -0.3 is 10.7 Å². The summed E-state index contributed by atoms with van der Waals surface area (Å²) in [6, 6.07) is 8.13. The number of halogens is 6. The smallest absolute Gasteiger partial charge is 0.340 e. The van der Waals surface area contributed by atoms with Crippen molar-refractivity contribution in [2.75, 3.05) is 0 Å². The Bertz CT molecular complexity index is 896. The van der Waals surface area contributed by atoms with Gasteiger partial charge in [0.05, 0.1) is 22.7 Å². The Balaban J connectivity index is 2.19. The zero-order valence-corrected chi connectivity index (χ0v) is 12.4. The molecule has 0 fully saturated rings. The van der Waals surface area contributed by atoms with Crippen molar-refractivity contribution in [1.29, 1.82) is 0 Å². The largest absolute Gasteiger partial charge is 0.418 e. The number of aromatic nitrogens is 2. The first kappa shape index (κ1) is 17.3. The van der Waals surface area contributed by atoms with Gasteiger partial charge in [-0.2, -0.15) is 26.3 Å². The molecule has 0 aliphatic rings. The number of alkyl halides is 6. The van der Waals surface area contributed by atoms with E-state index in [9.17, 15) is 26.3 Å². The molecule has 132 valence electrons. The average Bonchev–Trinajstić information content (AvgIpc) is 2.96. The molecule has 0 saturated carbocycles. The third-order valence-electron chi connectivity index (χ3n) is 3.69. The lowest BCUT2D eigenvalue weighted by atomic mass is 10.1. The average molecular weight is 359 g/mol. The summed E-state index contributed by atoms with van der Waals surface area (Å²) in [6.07, 6.45) is -9.90. The fourth-order valence-electron chi connectivity index (χ4n) is 2.48. The minimum atomic E-state index is -4.98. The SMILES string of the molecule is N[C@H](c1ccccc1)c1nc2c(C(F)(F)F)cc(C(F)(F)F)cc2[nH]1. The van der Waals surface area contributed by atoms with E-state index in [-0.39, 0.29) is 17.4 Å². The van der Waals surface area contributed by atoms with Gasteiger partial charge >= 0.3 is 12.4 Å². The third-order valence-corrected chi connectivity index (χ3v) is 3.69. The van der Waals surface area contributed by atoms with Crippen LogP contribution in [0.15, 0.2) is 42.5 Å². The van der Waals surface area contributed by atoms with Crippen molar-refractivity contribution in [2.45, 2.75) is 18.4 Å². The van der Waals surface area contributed by atoms with Gasteiger partial charge in [0.15, 0.2) is 0 Å². The molecular formula is C16H11F6N3. The van der Waals surface area contributed by atoms with E-state index in [1.807, 2.05) is 0 Å². The molecule has 3 nitrogen and oxygen atoms in total. The summed E-state index contributed by atoms with van der Waals surface area (Å²) in [4.78, 5) is 6.29. The Morgan fingerprint density at radius 3 is 2.12 bits per heavy atom. The number of nitrogens with one attached hydrogen (secondary N) is 1. The van der Waals surface area contributed by atoms with Crippen LogP contribution in [-0.4, -0.2) is 9.97 Å². The van der Waals surface area contributed by atoms with E-state index >= 15 is 0 Å². The molecule has 0 amide bonds. The van der Waals surface area contributed by atoms with Crippen LogP contribution in [0, 0.1) is 0 Å². The van der Waals surface area contributed by atoms with E-state index in [4.69, 9.17) is 5.73 Å². The van der Waals surface area contributed by atoms with Crippen LogP contribution in [0.1, 0.15) is 28.6 Å². The predicted molar refractivity (Wildman–Crippen MR) is 78.6 cm³/mol. The highest BCUT2D eigenvalue weighted by molar-refractivity contribution is 5.81. The summed E-state index contributed by atoms with van der Waals surface area (Å²) >= 11 is 0. The van der Waals surface area contributed by atoms with Crippen LogP contribution in [0.4, 0.5) is 26.3 Å². The van der Waals surface area contributed by atoms with Crippen LogP contribution in [0.3, 0.4) is 0 Å². The third kappa shape index (κ3) is 3.32. The van der Waals surface area contributed by atoms with E-state index in [0.29, 0.717) is 11.6 Å². The number of fused-ring (bicyclic) bond motifs is 1. The monoisotopic (exact) mass is 359 g/mol. The standard InChI is InChI=1S/C16H11F6N3/c17-15(18,19)9-6-10(16(20,21)22)13-11(7-9)24-14(25-13)12(23)8-4-2-1-3-5-8/h1-7,12H,23H2,(H,24,25)/t12-/m1/s1. The van der Waals surface area contributed by atoms with Crippen LogP contribution < -0.4 is 5.73 Å². The normalized spacial score (nSPS) is 14.0. The molecule has 3 aromatic rings. The fraction of sp³-hybridized carbons (Fsp3) is 0.188. The number of benzene rings is 2. The summed E-state index contributed by atoms with van der Waals surface area (Å²) in [5.74, 6) is -0.0500. The van der Waals surface area contributed by atoms with Gasteiger partial charge in [-0.15, -0.1) is 0 Å². The minimum absolute atomic E-state index is 0.0500. The quantitative estimate of drug-likeness (QED) is 0.655. The lowest BCUT2D eigenvalue weighted by Crippen LogP contribution is -2.13. The topological polar surface area (TPSA) is 54.7 Å². The summed E-state index contributed by atoms with van der Waals surface area (Å²) in [7, 11) is 0. The van der Waals surface area contributed by atoms with E-state index < -0.39 is 35.0 Å². The first-order valence-electron chi connectivity index (χ1n) is 7.06. The van der Waals surface area contributed by atoms with Crippen molar-refractivity contribution >= 4 is 11.0 Å². The Kier molecular flexibility index (Phi) is 3.98. The van der Waals surface area contributed by atoms with Gasteiger partial charge in [-0.1, -0.05) is 30.3 Å². The lowest BCUT2D eigenvalue weighted by Gasteiger charge is -2.11. The molecular weight excluding hydrogens is 348 g/mol. The van der Waals surface area contributed by atoms with Crippen LogP contribution in [0.25, 0.3) is 11.0 Å². The summed E-state index contributed by atoms with van der Waals surface area (Å²) in [5, 5.41) is 0. The first-order chi connectivity index (χ1) is 11.6. The van der Waals surface area contributed by atoms with E-state index in [2.05, 4.69) is 9.97 Å². The Morgan fingerprint density at radius 1 is 0.920 bits per heavy atom. The molecule has 0 radical (unpaired) electrons. The van der Waals surface area contributed by atoms with Crippen molar-refractivity contribution in [3.63, 3.8) is 0 Å². The molecule has 1 atom stereocenters. The number of nitrogens with zero attached hydrogens (tertiary/aromatic N) is 1. The fourth-order valence-corrected chi connectivity index (χ4v) is 2.48. The Hall–Kier alpha value is -2.55. The second-order valence-electron chi connectivity index (χ2n) is 5.43. The zero-order valence-electron chi connectivity index (χ0n) is 12.4. The molecule has 0 aliphatic carbocycles. The summed E-state index contributed by atoms with van der Waals surface area (Å²) in [6.45, 7) is 0.